The standard InChI is InChI=1S/C27H28N4O4/c1-18(32)19-7-9-22(10-8-19)29-26(33)20-12-15-31(16-13-20)25-17-21(11-14-28-25)27(34)30-23-5-3-4-6-24(23)35-2/h3-11,14,17,20H,12-13,15-16H2,1-2H3,(H,29,33)(H,30,34). The summed E-state index contributed by atoms with van der Waals surface area (Å²) >= 11 is 0. The van der Waals surface area contributed by atoms with E-state index in [9.17, 15) is 14.4 Å². The Labute approximate surface area is 204 Å². The first-order chi connectivity index (χ1) is 16.9. The molecular weight excluding hydrogens is 444 g/mol. The van der Waals surface area contributed by atoms with E-state index in [4.69, 9.17) is 4.74 Å². The molecule has 180 valence electrons. The van der Waals surface area contributed by atoms with Crippen molar-refractivity contribution in [1.29, 1.82) is 0 Å². The topological polar surface area (TPSA) is 101 Å². The van der Waals surface area contributed by atoms with Gasteiger partial charge in [0.2, 0.25) is 5.91 Å². The minimum Gasteiger partial charge on any atom is -0.495 e. The molecule has 0 unspecified atom stereocenters. The zero-order valence-corrected chi connectivity index (χ0v) is 19.8. The molecule has 1 aliphatic heterocycles. The summed E-state index contributed by atoms with van der Waals surface area (Å²) in [5.41, 5.74) is 2.39. The Morgan fingerprint density at radius 1 is 0.943 bits per heavy atom. The molecule has 0 saturated carbocycles. The predicted molar refractivity (Wildman–Crippen MR) is 135 cm³/mol. The quantitative estimate of drug-likeness (QED) is 0.495. The van der Waals surface area contributed by atoms with Crippen LogP contribution >= 0.6 is 0 Å². The lowest BCUT2D eigenvalue weighted by atomic mass is 9.95. The Morgan fingerprint density at radius 3 is 2.34 bits per heavy atom. The molecule has 2 amide bonds. The number of ketones is 1. The summed E-state index contributed by atoms with van der Waals surface area (Å²) in [5.74, 6) is 0.893. The SMILES string of the molecule is COc1ccccc1NC(=O)c1ccnc(N2CCC(C(=O)Nc3ccc(C(C)=O)cc3)CC2)c1. The number of carbonyl (C=O) groups is 3. The van der Waals surface area contributed by atoms with E-state index in [-0.39, 0.29) is 23.5 Å². The summed E-state index contributed by atoms with van der Waals surface area (Å²) in [7, 11) is 1.56. The third-order valence-corrected chi connectivity index (χ3v) is 6.11. The normalized spacial score (nSPS) is 13.7. The van der Waals surface area contributed by atoms with E-state index >= 15 is 0 Å². The van der Waals surface area contributed by atoms with Crippen molar-refractivity contribution in [3.8, 4) is 5.75 Å². The van der Waals surface area contributed by atoms with Crippen LogP contribution in [-0.2, 0) is 4.79 Å². The van der Waals surface area contributed by atoms with Crippen LogP contribution in [0, 0.1) is 5.92 Å². The zero-order valence-electron chi connectivity index (χ0n) is 19.8. The highest BCUT2D eigenvalue weighted by atomic mass is 16.5. The van der Waals surface area contributed by atoms with E-state index in [0.717, 1.165) is 0 Å². The Balaban J connectivity index is 1.34. The number of nitrogens with one attached hydrogen (secondary N) is 2. The van der Waals surface area contributed by atoms with Gasteiger partial charge in [0.1, 0.15) is 11.6 Å². The van der Waals surface area contributed by atoms with E-state index in [1.807, 2.05) is 12.1 Å². The summed E-state index contributed by atoms with van der Waals surface area (Å²) < 4.78 is 5.30. The van der Waals surface area contributed by atoms with Crippen LogP contribution in [-0.4, -0.2) is 42.8 Å². The van der Waals surface area contributed by atoms with Crippen LogP contribution in [0.1, 0.15) is 40.5 Å². The van der Waals surface area contributed by atoms with E-state index in [1.165, 1.54) is 6.92 Å². The summed E-state index contributed by atoms with van der Waals surface area (Å²) in [6, 6.07) is 17.6. The molecule has 1 fully saturated rings. The maximum absolute atomic E-state index is 12.8. The van der Waals surface area contributed by atoms with Crippen molar-refractivity contribution < 1.29 is 19.1 Å². The second kappa shape index (κ2) is 10.8. The van der Waals surface area contributed by atoms with Gasteiger partial charge in [-0.1, -0.05) is 12.1 Å². The molecule has 2 aromatic carbocycles. The Morgan fingerprint density at radius 2 is 1.66 bits per heavy atom. The number of ether oxygens (including phenoxy) is 1. The summed E-state index contributed by atoms with van der Waals surface area (Å²) in [6.07, 6.45) is 2.98. The molecule has 0 aliphatic carbocycles. The van der Waals surface area contributed by atoms with Gasteiger partial charge in [-0.05, 0) is 68.3 Å². The smallest absolute Gasteiger partial charge is 0.255 e. The molecule has 2 N–H and O–H groups in total. The van der Waals surface area contributed by atoms with Crippen LogP contribution in [0.25, 0.3) is 0 Å². The van der Waals surface area contributed by atoms with Crippen molar-refractivity contribution in [2.75, 3.05) is 35.7 Å². The van der Waals surface area contributed by atoms with Crippen molar-refractivity contribution in [3.05, 3.63) is 78.0 Å². The number of aromatic nitrogens is 1. The number of para-hydroxylation sites is 2. The first-order valence-electron chi connectivity index (χ1n) is 11.5. The first-order valence-corrected chi connectivity index (χ1v) is 11.5. The number of anilines is 3. The van der Waals surface area contributed by atoms with Crippen LogP contribution < -0.4 is 20.3 Å². The summed E-state index contributed by atoms with van der Waals surface area (Å²) in [5, 5.41) is 5.82. The fourth-order valence-corrected chi connectivity index (χ4v) is 4.08. The Kier molecular flexibility index (Phi) is 7.40. The van der Waals surface area contributed by atoms with Gasteiger partial charge in [0.25, 0.3) is 5.91 Å². The second-order valence-corrected chi connectivity index (χ2v) is 8.44. The maximum Gasteiger partial charge on any atom is 0.255 e. The van der Waals surface area contributed by atoms with E-state index in [0.29, 0.717) is 60.0 Å². The van der Waals surface area contributed by atoms with Crippen molar-refractivity contribution in [1.82, 2.24) is 4.98 Å². The zero-order chi connectivity index (χ0) is 24.8. The van der Waals surface area contributed by atoms with Crippen molar-refractivity contribution in [2.45, 2.75) is 19.8 Å². The molecule has 1 aliphatic rings. The van der Waals surface area contributed by atoms with Crippen LogP contribution in [0.2, 0.25) is 0 Å². The number of piperidine rings is 1. The van der Waals surface area contributed by atoms with Gasteiger partial charge < -0.3 is 20.3 Å². The number of hydrogen-bond acceptors (Lipinski definition) is 6. The van der Waals surface area contributed by atoms with Crippen LogP contribution in [0.15, 0.2) is 66.9 Å². The van der Waals surface area contributed by atoms with Crippen molar-refractivity contribution >= 4 is 34.8 Å². The monoisotopic (exact) mass is 472 g/mol. The largest absolute Gasteiger partial charge is 0.495 e. The van der Waals surface area contributed by atoms with Crippen molar-refractivity contribution in [2.24, 2.45) is 5.92 Å². The lowest BCUT2D eigenvalue weighted by Crippen LogP contribution is -2.38. The fraction of sp³-hybridized carbons (Fsp3) is 0.259. The van der Waals surface area contributed by atoms with Gasteiger partial charge in [0, 0.05) is 42.0 Å². The number of nitrogens with zero attached hydrogens (tertiary/aromatic N) is 2. The number of amides is 2. The van der Waals surface area contributed by atoms with Gasteiger partial charge in [-0.15, -0.1) is 0 Å². The number of carbonyl (C=O) groups excluding carboxylic acids is 3. The van der Waals surface area contributed by atoms with Gasteiger partial charge in [-0.3, -0.25) is 14.4 Å². The molecule has 0 spiro atoms. The maximum atomic E-state index is 12.8. The van der Waals surface area contributed by atoms with Crippen LogP contribution in [0.5, 0.6) is 5.75 Å². The minimum absolute atomic E-state index is 0.00907. The lowest BCUT2D eigenvalue weighted by Gasteiger charge is -2.32. The van der Waals surface area contributed by atoms with Gasteiger partial charge in [0.15, 0.2) is 5.78 Å². The molecular formula is C27H28N4O4. The van der Waals surface area contributed by atoms with E-state index in [2.05, 4.69) is 20.5 Å². The fourth-order valence-electron chi connectivity index (χ4n) is 4.08. The molecule has 8 nitrogen and oxygen atoms in total. The third kappa shape index (κ3) is 5.84. The average molecular weight is 473 g/mol. The number of pyridine rings is 1. The van der Waals surface area contributed by atoms with Gasteiger partial charge in [0.05, 0.1) is 12.8 Å². The number of Topliss-reactive ketones (excluding diaryl/α,β-unsaturated/α-hetero) is 1. The highest BCUT2D eigenvalue weighted by Crippen LogP contribution is 2.26. The Hall–Kier alpha value is -4.20. The molecule has 3 aromatic rings. The molecule has 0 bridgehead atoms. The predicted octanol–water partition coefficient (Wildman–Crippen LogP) is 4.40. The molecule has 1 aromatic heterocycles. The molecule has 2 heterocycles. The van der Waals surface area contributed by atoms with Gasteiger partial charge in [-0.25, -0.2) is 4.98 Å². The molecule has 1 saturated heterocycles. The lowest BCUT2D eigenvalue weighted by molar-refractivity contribution is -0.120. The number of benzene rings is 2. The summed E-state index contributed by atoms with van der Waals surface area (Å²) in [6.45, 7) is 2.83. The number of methoxy groups -OCH3 is 1. The van der Waals surface area contributed by atoms with E-state index < -0.39 is 0 Å². The average Bonchev–Trinajstić information content (AvgIpc) is 2.89. The van der Waals surface area contributed by atoms with Gasteiger partial charge >= 0.3 is 0 Å². The first kappa shape index (κ1) is 23.9. The van der Waals surface area contributed by atoms with Crippen LogP contribution in [0.4, 0.5) is 17.2 Å². The Bertz CT molecular complexity index is 1220. The molecule has 35 heavy (non-hydrogen) atoms. The summed E-state index contributed by atoms with van der Waals surface area (Å²) in [4.78, 5) is 43.5. The number of rotatable bonds is 7. The number of hydrogen-bond donors (Lipinski definition) is 2. The highest BCUT2D eigenvalue weighted by Gasteiger charge is 2.26. The second-order valence-electron chi connectivity index (χ2n) is 8.44. The van der Waals surface area contributed by atoms with Crippen molar-refractivity contribution in [3.63, 3.8) is 0 Å². The third-order valence-electron chi connectivity index (χ3n) is 6.11. The highest BCUT2D eigenvalue weighted by molar-refractivity contribution is 6.05. The minimum atomic E-state index is -0.247. The van der Waals surface area contributed by atoms with Crippen LogP contribution in [0.3, 0.4) is 0 Å². The van der Waals surface area contributed by atoms with Gasteiger partial charge in [-0.2, -0.15) is 0 Å². The molecule has 8 heteroatoms. The molecule has 4 rings (SSSR count). The van der Waals surface area contributed by atoms with E-state index in [1.54, 1.807) is 61.8 Å². The molecule has 0 atom stereocenters. The molecule has 0 radical (unpaired) electrons.